The number of anilines is 1. The van der Waals surface area contributed by atoms with Gasteiger partial charge >= 0.3 is 0 Å². The number of amides is 1. The highest BCUT2D eigenvalue weighted by molar-refractivity contribution is 5.93. The lowest BCUT2D eigenvalue weighted by atomic mass is 9.97. The van der Waals surface area contributed by atoms with Crippen molar-refractivity contribution in [3.05, 3.63) is 29.3 Å². The van der Waals surface area contributed by atoms with Crippen molar-refractivity contribution >= 4 is 11.6 Å². The van der Waals surface area contributed by atoms with Crippen molar-refractivity contribution in [3.63, 3.8) is 0 Å². The molecule has 0 aliphatic heterocycles. The number of nitriles is 1. The molecule has 1 unspecified atom stereocenters. The van der Waals surface area contributed by atoms with Crippen molar-refractivity contribution in [2.24, 2.45) is 11.8 Å². The Morgan fingerprint density at radius 2 is 2.00 bits per heavy atom. The Morgan fingerprint density at radius 3 is 2.53 bits per heavy atom. The van der Waals surface area contributed by atoms with Gasteiger partial charge in [0.15, 0.2) is 0 Å². The molecule has 0 aromatic heterocycles. The van der Waals surface area contributed by atoms with Gasteiger partial charge in [0.05, 0.1) is 11.3 Å². The van der Waals surface area contributed by atoms with Crippen molar-refractivity contribution in [2.45, 2.75) is 27.7 Å². The fourth-order valence-electron chi connectivity index (χ4n) is 1.47. The van der Waals surface area contributed by atoms with E-state index in [-0.39, 0.29) is 17.7 Å². The first-order valence-electron chi connectivity index (χ1n) is 5.78. The SMILES string of the molecule is Cc1cccc(NC(=O)C(C)C(C)C)c1C#N. The first kappa shape index (κ1) is 13.2. The molecule has 0 bridgehead atoms. The number of benzene rings is 1. The second-order valence-electron chi connectivity index (χ2n) is 4.63. The van der Waals surface area contributed by atoms with Crippen LogP contribution >= 0.6 is 0 Å². The summed E-state index contributed by atoms with van der Waals surface area (Å²) in [5, 5.41) is 11.9. The Balaban J connectivity index is 2.94. The van der Waals surface area contributed by atoms with E-state index in [4.69, 9.17) is 5.26 Å². The molecule has 1 amide bonds. The minimum Gasteiger partial charge on any atom is -0.325 e. The predicted octanol–water partition coefficient (Wildman–Crippen LogP) is 3.10. The molecule has 3 nitrogen and oxygen atoms in total. The van der Waals surface area contributed by atoms with Gasteiger partial charge in [-0.15, -0.1) is 0 Å². The summed E-state index contributed by atoms with van der Waals surface area (Å²) in [6.45, 7) is 7.76. The molecule has 0 aliphatic rings. The molecule has 0 heterocycles. The van der Waals surface area contributed by atoms with E-state index in [2.05, 4.69) is 11.4 Å². The van der Waals surface area contributed by atoms with Crippen molar-refractivity contribution in [1.82, 2.24) is 0 Å². The van der Waals surface area contributed by atoms with Crippen LogP contribution < -0.4 is 5.32 Å². The van der Waals surface area contributed by atoms with E-state index >= 15 is 0 Å². The van der Waals surface area contributed by atoms with Crippen LogP contribution in [0, 0.1) is 30.1 Å². The van der Waals surface area contributed by atoms with E-state index in [1.165, 1.54) is 0 Å². The van der Waals surface area contributed by atoms with Crippen LogP contribution in [0.2, 0.25) is 0 Å². The summed E-state index contributed by atoms with van der Waals surface area (Å²) in [4.78, 5) is 11.9. The zero-order valence-corrected chi connectivity index (χ0v) is 10.7. The number of aryl methyl sites for hydroxylation is 1. The molecule has 0 spiro atoms. The first-order chi connectivity index (χ1) is 7.97. The summed E-state index contributed by atoms with van der Waals surface area (Å²) in [5.41, 5.74) is 2.02. The van der Waals surface area contributed by atoms with Crippen LogP contribution in [0.15, 0.2) is 18.2 Å². The van der Waals surface area contributed by atoms with Crippen LogP contribution in [0.5, 0.6) is 0 Å². The maximum atomic E-state index is 11.9. The van der Waals surface area contributed by atoms with Gasteiger partial charge < -0.3 is 5.32 Å². The maximum Gasteiger partial charge on any atom is 0.227 e. The second kappa shape index (κ2) is 5.49. The number of nitrogens with one attached hydrogen (secondary N) is 1. The van der Waals surface area contributed by atoms with Gasteiger partial charge in [-0.25, -0.2) is 0 Å². The van der Waals surface area contributed by atoms with Gasteiger partial charge in [-0.05, 0) is 24.5 Å². The van der Waals surface area contributed by atoms with Crippen molar-refractivity contribution in [3.8, 4) is 6.07 Å². The summed E-state index contributed by atoms with van der Waals surface area (Å²) < 4.78 is 0. The minimum absolute atomic E-state index is 0.0397. The third-order valence-electron chi connectivity index (χ3n) is 3.06. The number of hydrogen-bond donors (Lipinski definition) is 1. The number of carbonyl (C=O) groups excluding carboxylic acids is 1. The summed E-state index contributed by atoms with van der Waals surface area (Å²) in [6, 6.07) is 7.58. The van der Waals surface area contributed by atoms with Crippen molar-refractivity contribution < 1.29 is 4.79 Å². The Morgan fingerprint density at radius 1 is 1.35 bits per heavy atom. The second-order valence-corrected chi connectivity index (χ2v) is 4.63. The average Bonchev–Trinajstić information content (AvgIpc) is 2.28. The molecule has 0 saturated carbocycles. The van der Waals surface area contributed by atoms with E-state index in [9.17, 15) is 4.79 Å². The number of nitrogens with zero attached hydrogens (tertiary/aromatic N) is 1. The highest BCUT2D eigenvalue weighted by atomic mass is 16.1. The third-order valence-corrected chi connectivity index (χ3v) is 3.06. The summed E-state index contributed by atoms with van der Waals surface area (Å²) >= 11 is 0. The van der Waals surface area contributed by atoms with E-state index in [0.717, 1.165) is 5.56 Å². The molecule has 0 saturated heterocycles. The van der Waals surface area contributed by atoms with Crippen LogP contribution in [0.1, 0.15) is 31.9 Å². The van der Waals surface area contributed by atoms with Gasteiger partial charge in [-0.3, -0.25) is 4.79 Å². The molecular formula is C14H18N2O. The highest BCUT2D eigenvalue weighted by Crippen LogP contribution is 2.20. The van der Waals surface area contributed by atoms with Gasteiger partial charge in [0.2, 0.25) is 5.91 Å². The molecule has 1 aromatic rings. The lowest BCUT2D eigenvalue weighted by Crippen LogP contribution is -2.24. The molecule has 1 aromatic carbocycles. The van der Waals surface area contributed by atoms with E-state index in [0.29, 0.717) is 11.3 Å². The van der Waals surface area contributed by atoms with Crippen molar-refractivity contribution in [1.29, 1.82) is 5.26 Å². The Hall–Kier alpha value is -1.82. The minimum atomic E-state index is -0.0675. The fraction of sp³-hybridized carbons (Fsp3) is 0.429. The molecule has 0 radical (unpaired) electrons. The zero-order valence-electron chi connectivity index (χ0n) is 10.7. The number of rotatable bonds is 3. The first-order valence-corrected chi connectivity index (χ1v) is 5.78. The largest absolute Gasteiger partial charge is 0.325 e. The molecule has 1 rings (SSSR count). The lowest BCUT2D eigenvalue weighted by Gasteiger charge is -2.16. The number of hydrogen-bond acceptors (Lipinski definition) is 2. The Kier molecular flexibility index (Phi) is 4.28. The van der Waals surface area contributed by atoms with Gasteiger partial charge in [-0.2, -0.15) is 5.26 Å². The predicted molar refractivity (Wildman–Crippen MR) is 68.5 cm³/mol. The van der Waals surface area contributed by atoms with Gasteiger partial charge in [-0.1, -0.05) is 32.9 Å². The van der Waals surface area contributed by atoms with Crippen LogP contribution in [0.25, 0.3) is 0 Å². The monoisotopic (exact) mass is 230 g/mol. The molecule has 3 heteroatoms. The molecule has 0 fully saturated rings. The molecule has 1 atom stereocenters. The quantitative estimate of drug-likeness (QED) is 0.867. The Bertz CT molecular complexity index is 458. The van der Waals surface area contributed by atoms with Gasteiger partial charge in [0, 0.05) is 5.92 Å². The van der Waals surface area contributed by atoms with Crippen LogP contribution in [-0.2, 0) is 4.79 Å². The molecular weight excluding hydrogens is 212 g/mol. The Labute approximate surface area is 102 Å². The standard InChI is InChI=1S/C14H18N2O/c1-9(2)11(4)14(17)16-13-7-5-6-10(3)12(13)8-15/h5-7,9,11H,1-4H3,(H,16,17). The number of carbonyl (C=O) groups is 1. The fourth-order valence-corrected chi connectivity index (χ4v) is 1.47. The average molecular weight is 230 g/mol. The molecule has 0 aliphatic carbocycles. The zero-order chi connectivity index (χ0) is 13.0. The summed E-state index contributed by atoms with van der Waals surface area (Å²) in [6.07, 6.45) is 0. The van der Waals surface area contributed by atoms with E-state index in [1.54, 1.807) is 6.07 Å². The highest BCUT2D eigenvalue weighted by Gasteiger charge is 2.18. The van der Waals surface area contributed by atoms with E-state index < -0.39 is 0 Å². The maximum absolute atomic E-state index is 11.9. The topological polar surface area (TPSA) is 52.9 Å². The normalized spacial score (nSPS) is 12.0. The van der Waals surface area contributed by atoms with Gasteiger partial charge in [0.1, 0.15) is 6.07 Å². The molecule has 1 N–H and O–H groups in total. The smallest absolute Gasteiger partial charge is 0.227 e. The van der Waals surface area contributed by atoms with Crippen LogP contribution in [0.4, 0.5) is 5.69 Å². The molecule has 17 heavy (non-hydrogen) atoms. The summed E-state index contributed by atoms with van der Waals surface area (Å²) in [5.74, 6) is 0.175. The molecule has 90 valence electrons. The lowest BCUT2D eigenvalue weighted by molar-refractivity contribution is -0.120. The third kappa shape index (κ3) is 3.07. The van der Waals surface area contributed by atoms with Crippen LogP contribution in [0.3, 0.4) is 0 Å². The van der Waals surface area contributed by atoms with Crippen molar-refractivity contribution in [2.75, 3.05) is 5.32 Å². The van der Waals surface area contributed by atoms with E-state index in [1.807, 2.05) is 39.8 Å². The summed E-state index contributed by atoms with van der Waals surface area (Å²) in [7, 11) is 0. The van der Waals surface area contributed by atoms with Gasteiger partial charge in [0.25, 0.3) is 0 Å². The van der Waals surface area contributed by atoms with Crippen LogP contribution in [-0.4, -0.2) is 5.91 Å².